The molecule has 128 valence electrons. The number of primary sulfonamides is 1. The Kier molecular flexibility index (Phi) is 5.88. The van der Waals surface area contributed by atoms with Crippen molar-refractivity contribution in [1.29, 1.82) is 0 Å². The fourth-order valence-electron chi connectivity index (χ4n) is 2.15. The molecule has 0 bridgehead atoms. The van der Waals surface area contributed by atoms with Gasteiger partial charge >= 0.3 is 6.03 Å². The van der Waals surface area contributed by atoms with Gasteiger partial charge in [-0.2, -0.15) is 0 Å². The average Bonchev–Trinajstić information content (AvgIpc) is 2.53. The topological polar surface area (TPSA) is 114 Å². The first kappa shape index (κ1) is 17.9. The molecule has 0 unspecified atom stereocenters. The number of rotatable bonds is 6. The SMILES string of the molecule is C[C@H](NC(=O)NCc1ccc(CS(N)(=O)=O)cc1)c1ccncc1. The lowest BCUT2D eigenvalue weighted by molar-refractivity contribution is 0.237. The van der Waals surface area contributed by atoms with E-state index in [0.717, 1.165) is 11.1 Å². The number of carbonyl (C=O) groups excluding carboxylic acids is 1. The molecule has 4 N–H and O–H groups in total. The molecule has 7 nitrogen and oxygen atoms in total. The molecule has 0 aliphatic carbocycles. The summed E-state index contributed by atoms with van der Waals surface area (Å²) in [7, 11) is -3.54. The summed E-state index contributed by atoms with van der Waals surface area (Å²) in [6, 6.07) is 10.1. The van der Waals surface area contributed by atoms with Crippen LogP contribution in [0.2, 0.25) is 0 Å². The number of aromatic nitrogens is 1. The van der Waals surface area contributed by atoms with Crippen LogP contribution in [0, 0.1) is 0 Å². The number of nitrogens with zero attached hydrogens (tertiary/aromatic N) is 1. The monoisotopic (exact) mass is 348 g/mol. The zero-order valence-electron chi connectivity index (χ0n) is 13.3. The van der Waals surface area contributed by atoms with Gasteiger partial charge in [-0.05, 0) is 35.7 Å². The highest BCUT2D eigenvalue weighted by Crippen LogP contribution is 2.10. The van der Waals surface area contributed by atoms with Crippen LogP contribution in [-0.2, 0) is 22.3 Å². The van der Waals surface area contributed by atoms with E-state index in [4.69, 9.17) is 5.14 Å². The van der Waals surface area contributed by atoms with E-state index < -0.39 is 10.0 Å². The fourth-order valence-corrected chi connectivity index (χ4v) is 2.81. The van der Waals surface area contributed by atoms with Gasteiger partial charge in [0.15, 0.2) is 0 Å². The van der Waals surface area contributed by atoms with Crippen LogP contribution in [0.5, 0.6) is 0 Å². The molecule has 0 fully saturated rings. The summed E-state index contributed by atoms with van der Waals surface area (Å²) in [6.45, 7) is 2.22. The summed E-state index contributed by atoms with van der Waals surface area (Å²) >= 11 is 0. The molecule has 0 saturated heterocycles. The lowest BCUT2D eigenvalue weighted by Crippen LogP contribution is -2.36. The Labute approximate surface area is 141 Å². The number of carbonyl (C=O) groups is 1. The van der Waals surface area contributed by atoms with Crippen LogP contribution in [0.3, 0.4) is 0 Å². The van der Waals surface area contributed by atoms with Crippen molar-refractivity contribution in [2.45, 2.75) is 25.3 Å². The largest absolute Gasteiger partial charge is 0.334 e. The summed E-state index contributed by atoms with van der Waals surface area (Å²) in [5, 5.41) is 10.6. The third-order valence-corrected chi connectivity index (χ3v) is 4.13. The Bertz CT molecular complexity index is 777. The molecule has 0 aliphatic heterocycles. The Balaban J connectivity index is 1.83. The molecule has 1 heterocycles. The maximum Gasteiger partial charge on any atom is 0.315 e. The molecule has 2 amide bonds. The van der Waals surface area contributed by atoms with E-state index >= 15 is 0 Å². The van der Waals surface area contributed by atoms with Gasteiger partial charge in [-0.3, -0.25) is 4.98 Å². The van der Waals surface area contributed by atoms with Gasteiger partial charge in [0.2, 0.25) is 10.0 Å². The molecule has 24 heavy (non-hydrogen) atoms. The molecule has 0 radical (unpaired) electrons. The van der Waals surface area contributed by atoms with E-state index in [0.29, 0.717) is 12.1 Å². The number of hydrogen-bond donors (Lipinski definition) is 3. The summed E-state index contributed by atoms with van der Waals surface area (Å²) < 4.78 is 22.1. The van der Waals surface area contributed by atoms with Gasteiger partial charge in [-0.1, -0.05) is 24.3 Å². The predicted octanol–water partition coefficient (Wildman–Crippen LogP) is 1.43. The van der Waals surface area contributed by atoms with Crippen molar-refractivity contribution in [3.05, 3.63) is 65.5 Å². The van der Waals surface area contributed by atoms with E-state index in [-0.39, 0.29) is 17.8 Å². The fraction of sp³-hybridized carbons (Fsp3) is 0.250. The van der Waals surface area contributed by atoms with Crippen molar-refractivity contribution >= 4 is 16.1 Å². The second-order valence-electron chi connectivity index (χ2n) is 5.45. The lowest BCUT2D eigenvalue weighted by Gasteiger charge is -2.15. The van der Waals surface area contributed by atoms with Gasteiger partial charge in [0.05, 0.1) is 11.8 Å². The number of benzene rings is 1. The zero-order valence-corrected chi connectivity index (χ0v) is 14.1. The standard InChI is InChI=1S/C16H20N4O3S/c1-12(15-6-8-18-9-7-15)20-16(21)19-10-13-2-4-14(5-3-13)11-24(17,22)23/h2-9,12H,10-11H2,1H3,(H2,17,22,23)(H2,19,20,21)/t12-/m0/s1. The van der Waals surface area contributed by atoms with E-state index in [1.165, 1.54) is 0 Å². The van der Waals surface area contributed by atoms with Gasteiger partial charge in [-0.15, -0.1) is 0 Å². The van der Waals surface area contributed by atoms with Gasteiger partial charge in [0.1, 0.15) is 0 Å². The normalized spacial score (nSPS) is 12.4. The van der Waals surface area contributed by atoms with Crippen LogP contribution in [-0.4, -0.2) is 19.4 Å². The van der Waals surface area contributed by atoms with E-state index in [9.17, 15) is 13.2 Å². The Morgan fingerprint density at radius 2 is 1.71 bits per heavy atom. The van der Waals surface area contributed by atoms with Crippen LogP contribution in [0.25, 0.3) is 0 Å². The van der Waals surface area contributed by atoms with E-state index in [1.807, 2.05) is 19.1 Å². The quantitative estimate of drug-likeness (QED) is 0.732. The number of nitrogens with one attached hydrogen (secondary N) is 2. The number of sulfonamides is 1. The molecule has 0 spiro atoms. The minimum absolute atomic E-state index is 0.134. The third kappa shape index (κ3) is 5.98. The van der Waals surface area contributed by atoms with Crippen LogP contribution >= 0.6 is 0 Å². The smallest absolute Gasteiger partial charge is 0.315 e. The maximum absolute atomic E-state index is 11.9. The maximum atomic E-state index is 11.9. The molecular formula is C16H20N4O3S. The molecule has 2 rings (SSSR count). The Morgan fingerprint density at radius 1 is 1.12 bits per heavy atom. The highest BCUT2D eigenvalue weighted by molar-refractivity contribution is 7.88. The first-order valence-corrected chi connectivity index (χ1v) is 9.07. The minimum Gasteiger partial charge on any atom is -0.334 e. The molecule has 1 atom stereocenters. The summed E-state index contributed by atoms with van der Waals surface area (Å²) in [5.74, 6) is -0.204. The third-order valence-electron chi connectivity index (χ3n) is 3.40. The van der Waals surface area contributed by atoms with Crippen LogP contribution in [0.1, 0.15) is 29.7 Å². The molecule has 0 aliphatic rings. The molecule has 1 aromatic heterocycles. The number of hydrogen-bond acceptors (Lipinski definition) is 4. The van der Waals surface area contributed by atoms with Crippen molar-refractivity contribution < 1.29 is 13.2 Å². The molecule has 0 saturated carbocycles. The van der Waals surface area contributed by atoms with Crippen molar-refractivity contribution in [3.8, 4) is 0 Å². The molecular weight excluding hydrogens is 328 g/mol. The summed E-state index contributed by atoms with van der Waals surface area (Å²) in [5.41, 5.74) is 2.43. The Morgan fingerprint density at radius 3 is 2.29 bits per heavy atom. The van der Waals surface area contributed by atoms with Crippen LogP contribution in [0.15, 0.2) is 48.8 Å². The number of urea groups is 1. The first-order valence-electron chi connectivity index (χ1n) is 7.36. The Hall–Kier alpha value is -2.45. The van der Waals surface area contributed by atoms with Crippen LogP contribution < -0.4 is 15.8 Å². The van der Waals surface area contributed by atoms with Gasteiger partial charge in [0, 0.05) is 18.9 Å². The number of amides is 2. The highest BCUT2D eigenvalue weighted by atomic mass is 32.2. The second kappa shape index (κ2) is 7.89. The molecule has 8 heteroatoms. The highest BCUT2D eigenvalue weighted by Gasteiger charge is 2.09. The van der Waals surface area contributed by atoms with Gasteiger partial charge in [-0.25, -0.2) is 18.4 Å². The number of nitrogens with two attached hydrogens (primary N) is 1. The van der Waals surface area contributed by atoms with Crippen molar-refractivity contribution in [1.82, 2.24) is 15.6 Å². The van der Waals surface area contributed by atoms with Crippen molar-refractivity contribution in [3.63, 3.8) is 0 Å². The van der Waals surface area contributed by atoms with Gasteiger partial charge < -0.3 is 10.6 Å². The summed E-state index contributed by atoms with van der Waals surface area (Å²) in [4.78, 5) is 15.9. The van der Waals surface area contributed by atoms with Gasteiger partial charge in [0.25, 0.3) is 0 Å². The number of pyridine rings is 1. The van der Waals surface area contributed by atoms with Crippen molar-refractivity contribution in [2.24, 2.45) is 5.14 Å². The van der Waals surface area contributed by atoms with E-state index in [2.05, 4.69) is 15.6 Å². The predicted molar refractivity (Wildman–Crippen MR) is 91.3 cm³/mol. The lowest BCUT2D eigenvalue weighted by atomic mass is 10.1. The second-order valence-corrected chi connectivity index (χ2v) is 7.07. The van der Waals surface area contributed by atoms with Crippen molar-refractivity contribution in [2.75, 3.05) is 0 Å². The van der Waals surface area contributed by atoms with E-state index in [1.54, 1.807) is 36.7 Å². The average molecular weight is 348 g/mol. The summed E-state index contributed by atoms with van der Waals surface area (Å²) in [6.07, 6.45) is 3.35. The molecule has 2 aromatic rings. The first-order chi connectivity index (χ1) is 11.3. The van der Waals surface area contributed by atoms with Crippen LogP contribution in [0.4, 0.5) is 4.79 Å². The zero-order chi connectivity index (χ0) is 17.6. The minimum atomic E-state index is -3.54. The molecule has 1 aromatic carbocycles.